The molecule has 0 saturated heterocycles. The van der Waals surface area contributed by atoms with Gasteiger partial charge in [0.25, 0.3) is 0 Å². The molecule has 2 atom stereocenters. The van der Waals surface area contributed by atoms with Crippen LogP contribution in [0.1, 0.15) is 53.4 Å². The summed E-state index contributed by atoms with van der Waals surface area (Å²) in [5.74, 6) is 1.41. The van der Waals surface area contributed by atoms with Crippen molar-refractivity contribution in [2.75, 3.05) is 0 Å². The zero-order chi connectivity index (χ0) is 11.1. The number of hydrogen-bond acceptors (Lipinski definition) is 2. The standard InChI is InChI=1S/C12H26S2/c1-9(2)11(13)7-5-6-8-12(14)10(3)4/h9-14H,5-8H2,1-4H3. The number of unbranched alkanes of at least 4 members (excludes halogenated alkanes) is 1. The predicted molar refractivity (Wildman–Crippen MR) is 73.7 cm³/mol. The molecule has 14 heavy (non-hydrogen) atoms. The molecule has 0 aliphatic heterocycles. The third-order valence-electron chi connectivity index (χ3n) is 2.79. The van der Waals surface area contributed by atoms with E-state index in [2.05, 4.69) is 53.0 Å². The summed E-state index contributed by atoms with van der Waals surface area (Å²) in [7, 11) is 0. The average Bonchev–Trinajstić information content (AvgIpc) is 2.11. The van der Waals surface area contributed by atoms with E-state index in [1.165, 1.54) is 25.7 Å². The molecule has 0 aliphatic carbocycles. The van der Waals surface area contributed by atoms with Gasteiger partial charge in [0.2, 0.25) is 0 Å². The molecule has 0 rings (SSSR count). The molecule has 0 heterocycles. The fourth-order valence-electron chi connectivity index (χ4n) is 1.37. The van der Waals surface area contributed by atoms with E-state index >= 15 is 0 Å². The van der Waals surface area contributed by atoms with Gasteiger partial charge in [-0.1, -0.05) is 40.5 Å². The van der Waals surface area contributed by atoms with Crippen LogP contribution in [0, 0.1) is 11.8 Å². The van der Waals surface area contributed by atoms with Gasteiger partial charge in [0.1, 0.15) is 0 Å². The van der Waals surface area contributed by atoms with E-state index in [-0.39, 0.29) is 0 Å². The lowest BCUT2D eigenvalue weighted by atomic mass is 10.0. The first-order valence-corrected chi connectivity index (χ1v) is 6.84. The van der Waals surface area contributed by atoms with Crippen LogP contribution in [-0.4, -0.2) is 10.5 Å². The third kappa shape index (κ3) is 7.05. The fraction of sp³-hybridized carbons (Fsp3) is 1.00. The molecule has 0 amide bonds. The molecule has 0 N–H and O–H groups in total. The van der Waals surface area contributed by atoms with Gasteiger partial charge in [-0.3, -0.25) is 0 Å². The highest BCUT2D eigenvalue weighted by Crippen LogP contribution is 2.20. The number of hydrogen-bond donors (Lipinski definition) is 2. The monoisotopic (exact) mass is 234 g/mol. The van der Waals surface area contributed by atoms with E-state index in [1.54, 1.807) is 0 Å². The normalized spacial score (nSPS) is 16.3. The van der Waals surface area contributed by atoms with Crippen LogP contribution >= 0.6 is 25.3 Å². The van der Waals surface area contributed by atoms with Gasteiger partial charge in [0.15, 0.2) is 0 Å². The SMILES string of the molecule is CC(C)C(S)CCCCC(S)C(C)C. The minimum Gasteiger partial charge on any atom is -0.176 e. The van der Waals surface area contributed by atoms with Gasteiger partial charge in [0.05, 0.1) is 0 Å². The first kappa shape index (κ1) is 14.7. The van der Waals surface area contributed by atoms with Crippen molar-refractivity contribution < 1.29 is 0 Å². The van der Waals surface area contributed by atoms with Crippen molar-refractivity contribution in [3.63, 3.8) is 0 Å². The number of thiol groups is 2. The van der Waals surface area contributed by atoms with Crippen LogP contribution in [0.15, 0.2) is 0 Å². The van der Waals surface area contributed by atoms with Gasteiger partial charge < -0.3 is 0 Å². The molecule has 2 unspecified atom stereocenters. The second-order valence-electron chi connectivity index (χ2n) is 4.91. The minimum absolute atomic E-state index is 0.576. The summed E-state index contributed by atoms with van der Waals surface area (Å²) in [4.78, 5) is 0. The molecule has 0 saturated carbocycles. The molecule has 86 valence electrons. The zero-order valence-corrected chi connectivity index (χ0v) is 11.8. The molecule has 0 nitrogen and oxygen atoms in total. The average molecular weight is 234 g/mol. The van der Waals surface area contributed by atoms with Crippen molar-refractivity contribution in [2.45, 2.75) is 63.9 Å². The first-order chi connectivity index (χ1) is 6.45. The largest absolute Gasteiger partial charge is 0.176 e. The summed E-state index contributed by atoms with van der Waals surface area (Å²) < 4.78 is 0. The Labute approximate surface area is 101 Å². The molecule has 0 fully saturated rings. The van der Waals surface area contributed by atoms with E-state index in [4.69, 9.17) is 0 Å². The molecule has 0 bridgehead atoms. The van der Waals surface area contributed by atoms with Crippen molar-refractivity contribution in [2.24, 2.45) is 11.8 Å². The second-order valence-corrected chi connectivity index (χ2v) is 6.23. The Bertz CT molecular complexity index is 116. The third-order valence-corrected chi connectivity index (χ3v) is 4.50. The molecular weight excluding hydrogens is 208 g/mol. The van der Waals surface area contributed by atoms with Crippen LogP contribution in [0.5, 0.6) is 0 Å². The Morgan fingerprint density at radius 3 is 1.21 bits per heavy atom. The summed E-state index contributed by atoms with van der Waals surface area (Å²) in [6, 6.07) is 0. The van der Waals surface area contributed by atoms with Crippen molar-refractivity contribution in [3.8, 4) is 0 Å². The van der Waals surface area contributed by atoms with Gasteiger partial charge in [-0.15, -0.1) is 0 Å². The summed E-state index contributed by atoms with van der Waals surface area (Å²) in [5.41, 5.74) is 0. The maximum atomic E-state index is 4.57. The van der Waals surface area contributed by atoms with Gasteiger partial charge in [-0.2, -0.15) is 25.3 Å². The summed E-state index contributed by atoms with van der Waals surface area (Å²) in [5, 5.41) is 1.15. The van der Waals surface area contributed by atoms with Crippen molar-refractivity contribution in [1.29, 1.82) is 0 Å². The highest BCUT2D eigenvalue weighted by molar-refractivity contribution is 7.81. The Balaban J connectivity index is 3.38. The maximum absolute atomic E-state index is 4.57. The smallest absolute Gasteiger partial charge is 0.00398 e. The predicted octanol–water partition coefficient (Wildman–Crippen LogP) is 4.46. The molecule has 0 radical (unpaired) electrons. The minimum atomic E-state index is 0.576. The summed E-state index contributed by atoms with van der Waals surface area (Å²) in [6.45, 7) is 8.97. The van der Waals surface area contributed by atoms with Gasteiger partial charge in [0, 0.05) is 10.5 Å². The quantitative estimate of drug-likeness (QED) is 0.472. The Kier molecular flexibility index (Phi) is 8.32. The fourth-order valence-corrected chi connectivity index (χ4v) is 1.74. The lowest BCUT2D eigenvalue weighted by molar-refractivity contribution is 0.506. The summed E-state index contributed by atoms with van der Waals surface area (Å²) >= 11 is 9.14. The van der Waals surface area contributed by atoms with Crippen LogP contribution in [0.3, 0.4) is 0 Å². The second kappa shape index (κ2) is 7.92. The Hall–Kier alpha value is 0.700. The first-order valence-electron chi connectivity index (χ1n) is 5.81. The Morgan fingerprint density at radius 2 is 1.00 bits per heavy atom. The van der Waals surface area contributed by atoms with Gasteiger partial charge in [-0.25, -0.2) is 0 Å². The molecule has 0 aliphatic rings. The lowest BCUT2D eigenvalue weighted by Gasteiger charge is -2.16. The molecule has 0 aromatic carbocycles. The number of rotatable bonds is 7. The summed E-state index contributed by atoms with van der Waals surface area (Å²) in [6.07, 6.45) is 5.10. The van der Waals surface area contributed by atoms with E-state index in [9.17, 15) is 0 Å². The molecule has 0 aromatic heterocycles. The van der Waals surface area contributed by atoms with Crippen molar-refractivity contribution in [1.82, 2.24) is 0 Å². The molecule has 0 aromatic rings. The molecule has 0 spiro atoms. The molecular formula is C12H26S2. The van der Waals surface area contributed by atoms with E-state index < -0.39 is 0 Å². The molecule has 2 heteroatoms. The van der Waals surface area contributed by atoms with Crippen LogP contribution in [0.4, 0.5) is 0 Å². The zero-order valence-electron chi connectivity index (χ0n) is 10.0. The van der Waals surface area contributed by atoms with Gasteiger partial charge in [-0.05, 0) is 24.7 Å². The maximum Gasteiger partial charge on any atom is 0.00398 e. The van der Waals surface area contributed by atoms with E-state index in [1.807, 2.05) is 0 Å². The van der Waals surface area contributed by atoms with Crippen LogP contribution in [0.2, 0.25) is 0 Å². The van der Waals surface area contributed by atoms with Gasteiger partial charge >= 0.3 is 0 Å². The lowest BCUT2D eigenvalue weighted by Crippen LogP contribution is -2.10. The van der Waals surface area contributed by atoms with Crippen molar-refractivity contribution >= 4 is 25.3 Å². The highest BCUT2D eigenvalue weighted by atomic mass is 32.1. The topological polar surface area (TPSA) is 0 Å². The van der Waals surface area contributed by atoms with Crippen LogP contribution < -0.4 is 0 Å². The van der Waals surface area contributed by atoms with E-state index in [0.717, 1.165) is 0 Å². The van der Waals surface area contributed by atoms with Crippen LogP contribution in [0.25, 0.3) is 0 Å². The Morgan fingerprint density at radius 1 is 0.714 bits per heavy atom. The van der Waals surface area contributed by atoms with Crippen LogP contribution in [-0.2, 0) is 0 Å². The van der Waals surface area contributed by atoms with Crippen molar-refractivity contribution in [3.05, 3.63) is 0 Å². The highest BCUT2D eigenvalue weighted by Gasteiger charge is 2.10. The van der Waals surface area contributed by atoms with E-state index in [0.29, 0.717) is 22.3 Å².